The number of amides is 1. The van der Waals surface area contributed by atoms with E-state index in [1.54, 1.807) is 12.1 Å². The van der Waals surface area contributed by atoms with Crippen LogP contribution in [0.25, 0.3) is 0 Å². The molecule has 116 valence electrons. The number of anilines is 1. The lowest BCUT2D eigenvalue weighted by atomic mass is 9.98. The maximum atomic E-state index is 11.7. The summed E-state index contributed by atoms with van der Waals surface area (Å²) in [4.78, 5) is 11.7. The molecule has 2 rings (SSSR count). The van der Waals surface area contributed by atoms with E-state index in [1.807, 2.05) is 0 Å². The van der Waals surface area contributed by atoms with Gasteiger partial charge in [0.2, 0.25) is 0 Å². The largest absolute Gasteiger partial charge is 0.368 e. The van der Waals surface area contributed by atoms with E-state index >= 15 is 0 Å². The van der Waals surface area contributed by atoms with Crippen LogP contribution in [0.5, 0.6) is 0 Å². The molecule has 1 aliphatic carbocycles. The fraction of sp³-hybridized carbons (Fsp3) is 0.500. The summed E-state index contributed by atoms with van der Waals surface area (Å²) in [6.07, 6.45) is 5.82. The van der Waals surface area contributed by atoms with Crippen LogP contribution in [0.3, 0.4) is 0 Å². The predicted octanol–water partition coefficient (Wildman–Crippen LogP) is 4.44. The molecule has 1 amide bonds. The van der Waals surface area contributed by atoms with Gasteiger partial charge in [-0.25, -0.2) is 0 Å². The van der Waals surface area contributed by atoms with Crippen molar-refractivity contribution in [2.45, 2.75) is 38.2 Å². The Bertz CT molecular complexity index is 482. The Kier molecular flexibility index (Phi) is 6.42. The first-order valence-corrected chi connectivity index (χ1v) is 8.00. The predicted molar refractivity (Wildman–Crippen MR) is 86.1 cm³/mol. The van der Waals surface area contributed by atoms with Crippen molar-refractivity contribution in [3.63, 3.8) is 0 Å². The molecule has 1 fully saturated rings. The van der Waals surface area contributed by atoms with E-state index in [-0.39, 0.29) is 18.6 Å². The molecule has 21 heavy (non-hydrogen) atoms. The van der Waals surface area contributed by atoms with Gasteiger partial charge in [0.25, 0.3) is 5.91 Å². The zero-order valence-corrected chi connectivity index (χ0v) is 13.7. The van der Waals surface area contributed by atoms with Crippen LogP contribution in [0.1, 0.15) is 32.1 Å². The second-order valence-electron chi connectivity index (χ2n) is 4.99. The molecule has 0 bridgehead atoms. The van der Waals surface area contributed by atoms with E-state index in [1.165, 1.54) is 19.3 Å². The normalized spacial score (nSPS) is 15.8. The minimum absolute atomic E-state index is 0.0144. The number of carbonyl (C=O) groups is 1. The molecule has 0 aliphatic heterocycles. The average molecular weight is 352 g/mol. The lowest BCUT2D eigenvalue weighted by Crippen LogP contribution is -2.34. The van der Waals surface area contributed by atoms with Crippen molar-refractivity contribution in [2.75, 3.05) is 12.0 Å². The van der Waals surface area contributed by atoms with Crippen LogP contribution in [-0.2, 0) is 9.53 Å². The molecular weight excluding hydrogens is 335 g/mol. The first kappa shape index (κ1) is 16.7. The molecule has 2 N–H and O–H groups in total. The van der Waals surface area contributed by atoms with Crippen molar-refractivity contribution in [3.8, 4) is 0 Å². The summed E-state index contributed by atoms with van der Waals surface area (Å²) in [5.41, 5.74) is 5.62. The highest BCUT2D eigenvalue weighted by molar-refractivity contribution is 6.41. The molecule has 1 aromatic rings. The molecular formula is C14H17Cl3N2O2. The summed E-state index contributed by atoms with van der Waals surface area (Å²) < 4.78 is 5.57. The monoisotopic (exact) mass is 350 g/mol. The molecule has 0 unspecified atom stereocenters. The Balaban J connectivity index is 1.78. The molecule has 0 saturated heterocycles. The molecule has 1 aliphatic rings. The number of nitrogens with one attached hydrogen (secondary N) is 2. The highest BCUT2D eigenvalue weighted by atomic mass is 35.5. The molecule has 4 nitrogen and oxygen atoms in total. The first-order valence-electron chi connectivity index (χ1n) is 6.87. The number of rotatable bonds is 5. The van der Waals surface area contributed by atoms with Crippen LogP contribution >= 0.6 is 34.8 Å². The number of carbonyl (C=O) groups excluding carboxylic acids is 1. The number of halogens is 3. The summed E-state index contributed by atoms with van der Waals surface area (Å²) in [5.74, 6) is -0.275. The Labute approximate surface area is 139 Å². The Morgan fingerprint density at radius 1 is 1.14 bits per heavy atom. The summed E-state index contributed by atoms with van der Waals surface area (Å²) in [6.45, 7) is 0.0144. The molecule has 0 spiro atoms. The van der Waals surface area contributed by atoms with Crippen LogP contribution in [0.2, 0.25) is 15.1 Å². The van der Waals surface area contributed by atoms with Gasteiger partial charge in [0, 0.05) is 5.02 Å². The summed E-state index contributed by atoms with van der Waals surface area (Å²) in [5, 5.41) is 1.10. The topological polar surface area (TPSA) is 50.4 Å². The third kappa shape index (κ3) is 5.22. The zero-order chi connectivity index (χ0) is 15.2. The average Bonchev–Trinajstić information content (AvgIpc) is 2.45. The van der Waals surface area contributed by atoms with E-state index < -0.39 is 0 Å². The smallest absolute Gasteiger partial charge is 0.264 e. The third-order valence-corrected chi connectivity index (χ3v) is 4.15. The van der Waals surface area contributed by atoms with Crippen LogP contribution in [0.4, 0.5) is 5.69 Å². The molecule has 1 saturated carbocycles. The number of ether oxygens (including phenoxy) is 1. The Morgan fingerprint density at radius 2 is 1.76 bits per heavy atom. The minimum atomic E-state index is -0.275. The fourth-order valence-corrected chi connectivity index (χ4v) is 3.17. The SMILES string of the molecule is O=C(COC1CCCCC1)NNc1c(Cl)cc(Cl)cc1Cl. The quantitative estimate of drug-likeness (QED) is 0.771. The van der Waals surface area contributed by atoms with Gasteiger partial charge in [-0.1, -0.05) is 54.1 Å². The summed E-state index contributed by atoms with van der Waals surface area (Å²) in [6, 6.07) is 3.09. The molecule has 7 heteroatoms. The van der Waals surface area contributed by atoms with Gasteiger partial charge in [0.1, 0.15) is 6.61 Å². The number of benzene rings is 1. The Hall–Kier alpha value is -0.680. The van der Waals surface area contributed by atoms with E-state index in [4.69, 9.17) is 39.5 Å². The maximum Gasteiger partial charge on any atom is 0.264 e. The Morgan fingerprint density at radius 3 is 2.38 bits per heavy atom. The van der Waals surface area contributed by atoms with Crippen LogP contribution in [0, 0.1) is 0 Å². The first-order chi connectivity index (χ1) is 10.1. The van der Waals surface area contributed by atoms with Gasteiger partial charge in [0.05, 0.1) is 21.8 Å². The van der Waals surface area contributed by atoms with Crippen molar-refractivity contribution >= 4 is 46.4 Å². The van der Waals surface area contributed by atoms with Crippen molar-refractivity contribution in [3.05, 3.63) is 27.2 Å². The van der Waals surface area contributed by atoms with Gasteiger partial charge in [-0.2, -0.15) is 0 Å². The fourth-order valence-electron chi connectivity index (χ4n) is 2.26. The van der Waals surface area contributed by atoms with Gasteiger partial charge in [0.15, 0.2) is 0 Å². The van der Waals surface area contributed by atoms with Gasteiger partial charge in [-0.3, -0.25) is 15.6 Å². The second-order valence-corrected chi connectivity index (χ2v) is 6.24. The molecule has 1 aromatic carbocycles. The summed E-state index contributed by atoms with van der Waals surface area (Å²) in [7, 11) is 0. The lowest BCUT2D eigenvalue weighted by Gasteiger charge is -2.21. The van der Waals surface area contributed by atoms with Crippen LogP contribution < -0.4 is 10.9 Å². The van der Waals surface area contributed by atoms with Crippen molar-refractivity contribution in [2.24, 2.45) is 0 Å². The number of hydrogen-bond acceptors (Lipinski definition) is 3. The standard InChI is InChI=1S/C14H17Cl3N2O2/c15-9-6-11(16)14(12(17)7-9)19-18-13(20)8-21-10-4-2-1-3-5-10/h6-7,10,19H,1-5,8H2,(H,18,20). The third-order valence-electron chi connectivity index (χ3n) is 3.34. The van der Waals surface area contributed by atoms with E-state index in [9.17, 15) is 4.79 Å². The van der Waals surface area contributed by atoms with Gasteiger partial charge >= 0.3 is 0 Å². The van der Waals surface area contributed by atoms with Gasteiger partial charge in [-0.05, 0) is 25.0 Å². The van der Waals surface area contributed by atoms with Crippen molar-refractivity contribution in [1.82, 2.24) is 5.43 Å². The molecule has 0 aromatic heterocycles. The second kappa shape index (κ2) is 8.08. The maximum absolute atomic E-state index is 11.7. The van der Waals surface area contributed by atoms with Gasteiger partial charge < -0.3 is 4.74 Å². The van der Waals surface area contributed by atoms with Crippen LogP contribution in [0.15, 0.2) is 12.1 Å². The van der Waals surface area contributed by atoms with Crippen molar-refractivity contribution in [1.29, 1.82) is 0 Å². The van der Waals surface area contributed by atoms with E-state index in [2.05, 4.69) is 10.9 Å². The van der Waals surface area contributed by atoms with Crippen LogP contribution in [-0.4, -0.2) is 18.6 Å². The number of hydrogen-bond donors (Lipinski definition) is 2. The highest BCUT2D eigenvalue weighted by Gasteiger charge is 2.15. The minimum Gasteiger partial charge on any atom is -0.368 e. The lowest BCUT2D eigenvalue weighted by molar-refractivity contribution is -0.127. The molecule has 0 radical (unpaired) electrons. The molecule has 0 atom stereocenters. The van der Waals surface area contributed by atoms with Crippen molar-refractivity contribution < 1.29 is 9.53 Å². The van der Waals surface area contributed by atoms with E-state index in [0.29, 0.717) is 20.8 Å². The number of hydrazine groups is 1. The van der Waals surface area contributed by atoms with E-state index in [0.717, 1.165) is 12.8 Å². The highest BCUT2D eigenvalue weighted by Crippen LogP contribution is 2.33. The zero-order valence-electron chi connectivity index (χ0n) is 11.4. The molecule has 0 heterocycles. The van der Waals surface area contributed by atoms with Gasteiger partial charge in [-0.15, -0.1) is 0 Å². The summed E-state index contributed by atoms with van der Waals surface area (Å²) >= 11 is 17.8.